The van der Waals surface area contributed by atoms with E-state index >= 15 is 0 Å². The third-order valence-corrected chi connectivity index (χ3v) is 4.88. The second-order valence-electron chi connectivity index (χ2n) is 5.25. The van der Waals surface area contributed by atoms with E-state index in [1.165, 1.54) is 35.6 Å². The molecule has 19 heavy (non-hydrogen) atoms. The molecule has 1 aromatic rings. The van der Waals surface area contributed by atoms with Crippen LogP contribution in [0.2, 0.25) is 0 Å². The lowest BCUT2D eigenvalue weighted by Crippen LogP contribution is -2.44. The van der Waals surface area contributed by atoms with Crippen molar-refractivity contribution in [2.24, 2.45) is 11.8 Å². The Hall–Kier alpha value is -1.24. The highest BCUT2D eigenvalue weighted by molar-refractivity contribution is 7.99. The summed E-state index contributed by atoms with van der Waals surface area (Å²) in [5.41, 5.74) is 0. The van der Waals surface area contributed by atoms with Gasteiger partial charge in [0.25, 0.3) is 0 Å². The average molecular weight is 283 g/mol. The Bertz CT molecular complexity index is 436. The molecule has 3 atom stereocenters. The maximum atomic E-state index is 11.9. The SMILES string of the molecule is C[C@H]1[C@@H](NC(=O)CSc2nncn2N)CCC[C@@H]1C. The van der Waals surface area contributed by atoms with E-state index in [0.29, 0.717) is 28.8 Å². The van der Waals surface area contributed by atoms with Crippen molar-refractivity contribution in [2.75, 3.05) is 11.6 Å². The summed E-state index contributed by atoms with van der Waals surface area (Å²) in [4.78, 5) is 11.9. The van der Waals surface area contributed by atoms with Gasteiger partial charge in [-0.2, -0.15) is 0 Å². The predicted octanol–water partition coefficient (Wildman–Crippen LogP) is 1.02. The summed E-state index contributed by atoms with van der Waals surface area (Å²) in [6.45, 7) is 4.48. The minimum absolute atomic E-state index is 0.0407. The second-order valence-corrected chi connectivity index (χ2v) is 6.19. The number of nitrogens with zero attached hydrogens (tertiary/aromatic N) is 3. The number of hydrogen-bond acceptors (Lipinski definition) is 5. The molecule has 2 rings (SSSR count). The van der Waals surface area contributed by atoms with Crippen LogP contribution in [0.15, 0.2) is 11.5 Å². The monoisotopic (exact) mass is 283 g/mol. The van der Waals surface area contributed by atoms with Gasteiger partial charge >= 0.3 is 0 Å². The molecule has 106 valence electrons. The van der Waals surface area contributed by atoms with Crippen LogP contribution < -0.4 is 11.2 Å². The van der Waals surface area contributed by atoms with Crippen LogP contribution in [0.1, 0.15) is 33.1 Å². The molecule has 1 aliphatic carbocycles. The highest BCUT2D eigenvalue weighted by Gasteiger charge is 2.28. The summed E-state index contributed by atoms with van der Waals surface area (Å²) < 4.78 is 1.32. The predicted molar refractivity (Wildman–Crippen MR) is 75.0 cm³/mol. The maximum Gasteiger partial charge on any atom is 0.230 e. The Morgan fingerprint density at radius 3 is 3.05 bits per heavy atom. The van der Waals surface area contributed by atoms with E-state index in [4.69, 9.17) is 5.84 Å². The standard InChI is InChI=1S/C12H21N5OS/c1-8-4-3-5-10(9(8)2)15-11(18)6-19-12-16-14-7-17(12)13/h7-10H,3-6,13H2,1-2H3,(H,15,18)/t8-,9+,10-/m0/s1. The van der Waals surface area contributed by atoms with Gasteiger partial charge in [-0.3, -0.25) is 4.79 Å². The van der Waals surface area contributed by atoms with Gasteiger partial charge in [-0.15, -0.1) is 10.2 Å². The normalized spacial score (nSPS) is 27.2. The Balaban J connectivity index is 1.79. The smallest absolute Gasteiger partial charge is 0.230 e. The number of amides is 1. The van der Waals surface area contributed by atoms with E-state index in [0.717, 1.165) is 6.42 Å². The molecule has 7 heteroatoms. The van der Waals surface area contributed by atoms with Gasteiger partial charge in [0.05, 0.1) is 5.75 Å². The molecule has 3 N–H and O–H groups in total. The lowest BCUT2D eigenvalue weighted by Gasteiger charge is -2.34. The van der Waals surface area contributed by atoms with Crippen molar-refractivity contribution in [3.8, 4) is 0 Å². The summed E-state index contributed by atoms with van der Waals surface area (Å²) in [6.07, 6.45) is 4.96. The Kier molecular flexibility index (Phi) is 4.68. The maximum absolute atomic E-state index is 11.9. The van der Waals surface area contributed by atoms with Crippen molar-refractivity contribution in [3.05, 3.63) is 6.33 Å². The van der Waals surface area contributed by atoms with E-state index in [9.17, 15) is 4.79 Å². The number of thioether (sulfide) groups is 1. The molecule has 1 fully saturated rings. The van der Waals surface area contributed by atoms with Crippen molar-refractivity contribution < 1.29 is 4.79 Å². The largest absolute Gasteiger partial charge is 0.352 e. The summed E-state index contributed by atoms with van der Waals surface area (Å²) >= 11 is 1.30. The van der Waals surface area contributed by atoms with Gasteiger partial charge in [-0.05, 0) is 18.3 Å². The molecule has 0 bridgehead atoms. The third kappa shape index (κ3) is 3.62. The van der Waals surface area contributed by atoms with Crippen LogP contribution in [0.3, 0.4) is 0 Å². The minimum atomic E-state index is 0.0407. The fourth-order valence-electron chi connectivity index (χ4n) is 2.50. The zero-order valence-corrected chi connectivity index (χ0v) is 12.2. The zero-order valence-electron chi connectivity index (χ0n) is 11.4. The molecule has 1 aromatic heterocycles. The lowest BCUT2D eigenvalue weighted by atomic mass is 9.78. The van der Waals surface area contributed by atoms with E-state index in [2.05, 4.69) is 29.4 Å². The first kappa shape index (κ1) is 14.2. The first-order valence-electron chi connectivity index (χ1n) is 6.65. The molecule has 0 aromatic carbocycles. The van der Waals surface area contributed by atoms with Crippen LogP contribution in [0.4, 0.5) is 0 Å². The number of nitrogens with one attached hydrogen (secondary N) is 1. The van der Waals surface area contributed by atoms with Gasteiger partial charge in [0.2, 0.25) is 11.1 Å². The first-order chi connectivity index (χ1) is 9.08. The van der Waals surface area contributed by atoms with E-state index < -0.39 is 0 Å². The van der Waals surface area contributed by atoms with Crippen molar-refractivity contribution in [3.63, 3.8) is 0 Å². The number of carbonyl (C=O) groups excluding carboxylic acids is 1. The van der Waals surface area contributed by atoms with Gasteiger partial charge in [0, 0.05) is 6.04 Å². The summed E-state index contributed by atoms with van der Waals surface area (Å²) in [5.74, 6) is 7.18. The van der Waals surface area contributed by atoms with Gasteiger partial charge in [-0.25, -0.2) is 4.68 Å². The van der Waals surface area contributed by atoms with Crippen LogP contribution in [0.5, 0.6) is 0 Å². The molecule has 0 saturated heterocycles. The molecule has 1 aliphatic rings. The quantitative estimate of drug-likeness (QED) is 0.636. The Morgan fingerprint density at radius 2 is 2.37 bits per heavy atom. The highest BCUT2D eigenvalue weighted by atomic mass is 32.2. The van der Waals surface area contributed by atoms with Gasteiger partial charge in [-0.1, -0.05) is 38.5 Å². The Labute approximate surface area is 117 Å². The van der Waals surface area contributed by atoms with Crippen molar-refractivity contribution in [1.29, 1.82) is 0 Å². The van der Waals surface area contributed by atoms with Crippen LogP contribution in [-0.4, -0.2) is 32.6 Å². The van der Waals surface area contributed by atoms with Gasteiger partial charge in [0.15, 0.2) is 0 Å². The zero-order chi connectivity index (χ0) is 13.8. The van der Waals surface area contributed by atoms with Crippen LogP contribution in [-0.2, 0) is 4.79 Å². The number of aromatic nitrogens is 3. The summed E-state index contributed by atoms with van der Waals surface area (Å²) in [6, 6.07) is 0.299. The number of nitrogens with two attached hydrogens (primary N) is 1. The fourth-order valence-corrected chi connectivity index (χ4v) is 3.14. The van der Waals surface area contributed by atoms with Gasteiger partial charge in [0.1, 0.15) is 6.33 Å². The van der Waals surface area contributed by atoms with E-state index in [-0.39, 0.29) is 5.91 Å². The summed E-state index contributed by atoms with van der Waals surface area (Å²) in [5, 5.41) is 11.2. The average Bonchev–Trinajstić information content (AvgIpc) is 2.78. The molecule has 0 unspecified atom stereocenters. The summed E-state index contributed by atoms with van der Waals surface area (Å²) in [7, 11) is 0. The van der Waals surface area contributed by atoms with Crippen LogP contribution >= 0.6 is 11.8 Å². The molecular weight excluding hydrogens is 262 g/mol. The second kappa shape index (κ2) is 6.27. The molecule has 6 nitrogen and oxygen atoms in total. The van der Waals surface area contributed by atoms with Crippen LogP contribution in [0, 0.1) is 11.8 Å². The first-order valence-corrected chi connectivity index (χ1v) is 7.63. The molecule has 1 saturated carbocycles. The van der Waals surface area contributed by atoms with E-state index in [1.807, 2.05) is 0 Å². The number of carbonyl (C=O) groups is 1. The molecule has 1 amide bonds. The molecule has 0 spiro atoms. The van der Waals surface area contributed by atoms with E-state index in [1.54, 1.807) is 0 Å². The molecule has 0 aliphatic heterocycles. The fraction of sp³-hybridized carbons (Fsp3) is 0.750. The van der Waals surface area contributed by atoms with Gasteiger partial charge < -0.3 is 11.2 Å². The molecular formula is C12H21N5OS. The van der Waals surface area contributed by atoms with Crippen molar-refractivity contribution in [2.45, 2.75) is 44.3 Å². The number of nitrogen functional groups attached to an aromatic ring is 1. The van der Waals surface area contributed by atoms with Crippen molar-refractivity contribution >= 4 is 17.7 Å². The Morgan fingerprint density at radius 1 is 1.58 bits per heavy atom. The third-order valence-electron chi connectivity index (χ3n) is 3.93. The molecule has 1 heterocycles. The molecule has 0 radical (unpaired) electrons. The number of hydrogen-bond donors (Lipinski definition) is 2. The number of rotatable bonds is 4. The lowest BCUT2D eigenvalue weighted by molar-refractivity contribution is -0.120. The van der Waals surface area contributed by atoms with Crippen LogP contribution in [0.25, 0.3) is 0 Å². The topological polar surface area (TPSA) is 85.8 Å². The van der Waals surface area contributed by atoms with Crippen molar-refractivity contribution in [1.82, 2.24) is 20.2 Å². The minimum Gasteiger partial charge on any atom is -0.352 e. The highest BCUT2D eigenvalue weighted by Crippen LogP contribution is 2.29.